The summed E-state index contributed by atoms with van der Waals surface area (Å²) in [7, 11) is 0. The van der Waals surface area contributed by atoms with Gasteiger partial charge in [-0.15, -0.1) is 10.2 Å². The zero-order valence-corrected chi connectivity index (χ0v) is 16.0. The highest BCUT2D eigenvalue weighted by molar-refractivity contribution is 14.1. The number of benzene rings is 2. The van der Waals surface area contributed by atoms with Gasteiger partial charge in [-0.05, 0) is 46.2 Å². The second-order valence-electron chi connectivity index (χ2n) is 5.45. The van der Waals surface area contributed by atoms with E-state index in [1.807, 2.05) is 36.4 Å². The molecule has 0 aliphatic rings. The Morgan fingerprint density at radius 3 is 2.58 bits per heavy atom. The summed E-state index contributed by atoms with van der Waals surface area (Å²) < 4.78 is 0.912. The van der Waals surface area contributed by atoms with Crippen molar-refractivity contribution in [3.05, 3.63) is 74.3 Å². The summed E-state index contributed by atoms with van der Waals surface area (Å²) >= 11 is 3.58. The molecule has 3 rings (SSSR count). The Morgan fingerprint density at radius 2 is 1.83 bits per heavy atom. The lowest BCUT2D eigenvalue weighted by molar-refractivity contribution is 0.102. The van der Waals surface area contributed by atoms with Crippen LogP contribution in [0.25, 0.3) is 0 Å². The quantitative estimate of drug-likeness (QED) is 0.573. The third kappa shape index (κ3) is 4.18. The van der Waals surface area contributed by atoms with Crippen LogP contribution in [0.5, 0.6) is 0 Å². The first-order chi connectivity index (χ1) is 11.6. The number of hydrogen-bond donors (Lipinski definition) is 1. The topological polar surface area (TPSA) is 54.9 Å². The number of amides is 1. The third-order valence-corrected chi connectivity index (χ3v) is 5.46. The van der Waals surface area contributed by atoms with Crippen molar-refractivity contribution in [1.82, 2.24) is 10.2 Å². The largest absolute Gasteiger partial charge is 0.296 e. The van der Waals surface area contributed by atoms with Gasteiger partial charge in [0.15, 0.2) is 0 Å². The molecule has 4 nitrogen and oxygen atoms in total. The summed E-state index contributed by atoms with van der Waals surface area (Å²) in [5, 5.41) is 12.6. The molecule has 0 saturated carbocycles. The monoisotopic (exact) mass is 449 g/mol. The highest BCUT2D eigenvalue weighted by atomic mass is 127. The molecule has 1 atom stereocenters. The van der Waals surface area contributed by atoms with Gasteiger partial charge >= 0.3 is 0 Å². The van der Waals surface area contributed by atoms with Gasteiger partial charge in [0.1, 0.15) is 5.01 Å². The second kappa shape index (κ2) is 7.85. The molecule has 1 N–H and O–H groups in total. The van der Waals surface area contributed by atoms with E-state index in [0.29, 0.717) is 16.6 Å². The van der Waals surface area contributed by atoms with E-state index in [9.17, 15) is 4.79 Å². The Hall–Kier alpha value is -1.80. The average Bonchev–Trinajstić information content (AvgIpc) is 3.02. The van der Waals surface area contributed by atoms with Gasteiger partial charge < -0.3 is 0 Å². The van der Waals surface area contributed by atoms with Gasteiger partial charge in [-0.3, -0.25) is 10.1 Å². The highest BCUT2D eigenvalue weighted by Gasteiger charge is 2.14. The van der Waals surface area contributed by atoms with E-state index in [-0.39, 0.29) is 5.91 Å². The number of aromatic nitrogens is 2. The first kappa shape index (κ1) is 17.0. The molecule has 24 heavy (non-hydrogen) atoms. The van der Waals surface area contributed by atoms with Crippen LogP contribution < -0.4 is 5.32 Å². The second-order valence-corrected chi connectivity index (χ2v) is 7.68. The summed E-state index contributed by atoms with van der Waals surface area (Å²) in [4.78, 5) is 12.3. The van der Waals surface area contributed by atoms with Crippen LogP contribution in [0.1, 0.15) is 33.8 Å². The number of anilines is 1. The maximum atomic E-state index is 12.3. The van der Waals surface area contributed by atoms with Crippen LogP contribution in [0, 0.1) is 3.57 Å². The molecule has 0 aliphatic heterocycles. The average molecular weight is 449 g/mol. The van der Waals surface area contributed by atoms with Crippen LogP contribution in [0.15, 0.2) is 54.6 Å². The standard InChI is InChI=1S/C18H16IN3OS/c1-12(13-7-3-2-4-8-13)11-16-21-22-18(24-16)20-17(23)14-9-5-6-10-15(14)19/h2-10,12H,11H2,1H3,(H,20,22,23). The van der Waals surface area contributed by atoms with Gasteiger partial charge in [0.25, 0.3) is 5.91 Å². The lowest BCUT2D eigenvalue weighted by Gasteiger charge is -2.08. The van der Waals surface area contributed by atoms with Gasteiger partial charge in [0, 0.05) is 9.99 Å². The van der Waals surface area contributed by atoms with Gasteiger partial charge in [0.2, 0.25) is 5.13 Å². The number of rotatable bonds is 5. The molecule has 2 aromatic carbocycles. The molecule has 3 aromatic rings. The number of nitrogens with zero attached hydrogens (tertiary/aromatic N) is 2. The number of hydrogen-bond acceptors (Lipinski definition) is 4. The Kier molecular flexibility index (Phi) is 5.57. The number of carbonyl (C=O) groups is 1. The van der Waals surface area contributed by atoms with Crippen LogP contribution in [0.4, 0.5) is 5.13 Å². The lowest BCUT2D eigenvalue weighted by Crippen LogP contribution is -2.13. The van der Waals surface area contributed by atoms with Gasteiger partial charge in [-0.2, -0.15) is 0 Å². The number of halogens is 1. The van der Waals surface area contributed by atoms with Crippen molar-refractivity contribution < 1.29 is 4.79 Å². The third-order valence-electron chi connectivity index (χ3n) is 3.66. The molecule has 0 radical (unpaired) electrons. The van der Waals surface area contributed by atoms with Gasteiger partial charge in [-0.25, -0.2) is 0 Å². The molecule has 0 saturated heterocycles. The van der Waals surface area contributed by atoms with Crippen molar-refractivity contribution in [2.75, 3.05) is 5.32 Å². The predicted molar refractivity (Wildman–Crippen MR) is 106 cm³/mol. The zero-order valence-electron chi connectivity index (χ0n) is 13.1. The summed E-state index contributed by atoms with van der Waals surface area (Å²) in [6, 6.07) is 17.8. The number of carbonyl (C=O) groups excluding carboxylic acids is 1. The fourth-order valence-electron chi connectivity index (χ4n) is 2.36. The minimum atomic E-state index is -0.154. The van der Waals surface area contributed by atoms with Crippen molar-refractivity contribution in [1.29, 1.82) is 0 Å². The van der Waals surface area contributed by atoms with E-state index < -0.39 is 0 Å². The maximum absolute atomic E-state index is 12.3. The van der Waals surface area contributed by atoms with Crippen LogP contribution >= 0.6 is 33.9 Å². The smallest absolute Gasteiger partial charge is 0.258 e. The molecule has 122 valence electrons. The Morgan fingerprint density at radius 1 is 1.12 bits per heavy atom. The first-order valence-electron chi connectivity index (χ1n) is 7.56. The van der Waals surface area contributed by atoms with Crippen molar-refractivity contribution in [2.45, 2.75) is 19.3 Å². The molecule has 0 aliphatic carbocycles. The van der Waals surface area contributed by atoms with Crippen molar-refractivity contribution in [3.8, 4) is 0 Å². The Balaban J connectivity index is 1.66. The van der Waals surface area contributed by atoms with Crippen molar-refractivity contribution in [2.24, 2.45) is 0 Å². The van der Waals surface area contributed by atoms with E-state index in [0.717, 1.165) is 15.0 Å². The molecule has 1 amide bonds. The minimum absolute atomic E-state index is 0.154. The summed E-state index contributed by atoms with van der Waals surface area (Å²) in [6.45, 7) is 2.17. The highest BCUT2D eigenvalue weighted by Crippen LogP contribution is 2.24. The SMILES string of the molecule is CC(Cc1nnc(NC(=O)c2ccccc2I)s1)c1ccccc1. The summed E-state index contributed by atoms with van der Waals surface area (Å²) in [5.74, 6) is 0.205. The van der Waals surface area contributed by atoms with Gasteiger partial charge in [-0.1, -0.05) is 60.7 Å². The molecular weight excluding hydrogens is 433 g/mol. The van der Waals surface area contributed by atoms with Crippen LogP contribution in [0.3, 0.4) is 0 Å². The molecular formula is C18H16IN3OS. The first-order valence-corrected chi connectivity index (χ1v) is 9.46. The normalized spacial score (nSPS) is 11.9. The predicted octanol–water partition coefficient (Wildman–Crippen LogP) is 4.74. The van der Waals surface area contributed by atoms with E-state index in [1.54, 1.807) is 6.07 Å². The molecule has 1 unspecified atom stereocenters. The van der Waals surface area contributed by atoms with Gasteiger partial charge in [0.05, 0.1) is 5.56 Å². The molecule has 1 aromatic heterocycles. The summed E-state index contributed by atoms with van der Waals surface area (Å²) in [5.41, 5.74) is 1.92. The lowest BCUT2D eigenvalue weighted by atomic mass is 9.98. The molecule has 6 heteroatoms. The van der Waals surface area contributed by atoms with Crippen molar-refractivity contribution in [3.63, 3.8) is 0 Å². The molecule has 0 fully saturated rings. The minimum Gasteiger partial charge on any atom is -0.296 e. The van der Waals surface area contributed by atoms with E-state index >= 15 is 0 Å². The Bertz CT molecular complexity index is 835. The fourth-order valence-corrected chi connectivity index (χ4v) is 3.85. The zero-order chi connectivity index (χ0) is 16.9. The Labute approximate surface area is 158 Å². The molecule has 1 heterocycles. The van der Waals surface area contributed by atoms with E-state index in [2.05, 4.69) is 57.2 Å². The maximum Gasteiger partial charge on any atom is 0.258 e. The van der Waals surface area contributed by atoms with Crippen LogP contribution in [-0.4, -0.2) is 16.1 Å². The summed E-state index contributed by atoms with van der Waals surface area (Å²) in [6.07, 6.45) is 0.806. The van der Waals surface area contributed by atoms with Crippen LogP contribution in [0.2, 0.25) is 0 Å². The van der Waals surface area contributed by atoms with Crippen LogP contribution in [-0.2, 0) is 6.42 Å². The molecule has 0 bridgehead atoms. The number of nitrogens with one attached hydrogen (secondary N) is 1. The molecule has 0 spiro atoms. The van der Waals surface area contributed by atoms with Crippen molar-refractivity contribution >= 4 is 45.0 Å². The fraction of sp³-hybridized carbons (Fsp3) is 0.167. The van der Waals surface area contributed by atoms with E-state index in [4.69, 9.17) is 0 Å². The van der Waals surface area contributed by atoms with E-state index in [1.165, 1.54) is 16.9 Å².